The third-order valence-corrected chi connectivity index (χ3v) is 2.09. The molecule has 0 radical (unpaired) electrons. The second-order valence-corrected chi connectivity index (χ2v) is 2.75. The van der Waals surface area contributed by atoms with Crippen LogP contribution in [-0.4, -0.2) is 37.9 Å². The number of hydrogen-bond donors (Lipinski definition) is 1. The van der Waals surface area contributed by atoms with Gasteiger partial charge in [-0.25, -0.2) is 0 Å². The topological polar surface area (TPSA) is 38.5 Å². The van der Waals surface area contributed by atoms with E-state index < -0.39 is 0 Å². The lowest BCUT2D eigenvalue weighted by Gasteiger charge is -2.20. The molecule has 1 aliphatic rings. The van der Waals surface area contributed by atoms with Crippen LogP contribution < -0.4 is 5.73 Å². The Bertz CT molecular complexity index is 97.6. The van der Waals surface area contributed by atoms with E-state index in [1.807, 2.05) is 0 Å². The minimum absolute atomic E-state index is 0.579. The van der Waals surface area contributed by atoms with E-state index in [0.29, 0.717) is 12.7 Å². The number of rotatable bonds is 3. The summed E-state index contributed by atoms with van der Waals surface area (Å²) in [4.78, 5) is 2.27. The van der Waals surface area contributed by atoms with Crippen molar-refractivity contribution in [2.24, 2.45) is 5.73 Å². The molecule has 2 N–H and O–H groups in total. The van der Waals surface area contributed by atoms with Gasteiger partial charge in [0.25, 0.3) is 0 Å². The van der Waals surface area contributed by atoms with Gasteiger partial charge in [0.05, 0.1) is 6.61 Å². The zero-order valence-corrected chi connectivity index (χ0v) is 6.55. The Balaban J connectivity index is 2.27. The van der Waals surface area contributed by atoms with Crippen molar-refractivity contribution >= 4 is 0 Å². The average Bonchev–Trinajstić information content (AvgIpc) is 2.36. The fourth-order valence-electron chi connectivity index (χ4n) is 1.52. The highest BCUT2D eigenvalue weighted by Gasteiger charge is 2.22. The van der Waals surface area contributed by atoms with Gasteiger partial charge in [-0.05, 0) is 19.4 Å². The fourth-order valence-corrected chi connectivity index (χ4v) is 1.52. The zero-order valence-electron chi connectivity index (χ0n) is 6.55. The maximum absolute atomic E-state index is 5.52. The highest BCUT2D eigenvalue weighted by molar-refractivity contribution is 4.76. The molecule has 1 aliphatic heterocycles. The van der Waals surface area contributed by atoms with Gasteiger partial charge in [0.1, 0.15) is 0 Å². The van der Waals surface area contributed by atoms with Gasteiger partial charge in [-0.2, -0.15) is 0 Å². The monoisotopic (exact) mass is 144 g/mol. The maximum atomic E-state index is 5.52. The SMILES string of the molecule is COCC1CCCN1CN. The molecule has 1 atom stereocenters. The van der Waals surface area contributed by atoms with Gasteiger partial charge in [-0.1, -0.05) is 0 Å². The largest absolute Gasteiger partial charge is 0.383 e. The summed E-state index contributed by atoms with van der Waals surface area (Å²) in [5.41, 5.74) is 5.52. The van der Waals surface area contributed by atoms with Crippen molar-refractivity contribution < 1.29 is 4.74 Å². The van der Waals surface area contributed by atoms with Gasteiger partial charge in [0.2, 0.25) is 0 Å². The van der Waals surface area contributed by atoms with Crippen molar-refractivity contribution in [1.29, 1.82) is 0 Å². The minimum Gasteiger partial charge on any atom is -0.383 e. The number of ether oxygens (including phenoxy) is 1. The van der Waals surface area contributed by atoms with Gasteiger partial charge in [-0.15, -0.1) is 0 Å². The molecule has 3 nitrogen and oxygen atoms in total. The number of hydrogen-bond acceptors (Lipinski definition) is 3. The molecule has 0 saturated carbocycles. The fraction of sp³-hybridized carbons (Fsp3) is 1.00. The zero-order chi connectivity index (χ0) is 7.40. The molecule has 1 heterocycles. The first kappa shape index (κ1) is 7.98. The van der Waals surface area contributed by atoms with E-state index in [-0.39, 0.29) is 0 Å². The normalized spacial score (nSPS) is 27.6. The molecule has 1 fully saturated rings. The molecule has 0 bridgehead atoms. The molecule has 0 aromatic rings. The van der Waals surface area contributed by atoms with Crippen LogP contribution in [0.25, 0.3) is 0 Å². The summed E-state index contributed by atoms with van der Waals surface area (Å²) >= 11 is 0. The standard InChI is InChI=1S/C7H16N2O/c1-10-5-7-3-2-4-9(7)6-8/h7H,2-6,8H2,1H3. The molecule has 0 spiro atoms. The maximum Gasteiger partial charge on any atom is 0.0618 e. The highest BCUT2D eigenvalue weighted by Crippen LogP contribution is 2.15. The van der Waals surface area contributed by atoms with E-state index in [2.05, 4.69) is 4.90 Å². The molecular formula is C7H16N2O. The van der Waals surface area contributed by atoms with Crippen LogP contribution in [-0.2, 0) is 4.74 Å². The molecule has 1 rings (SSSR count). The summed E-state index contributed by atoms with van der Waals surface area (Å²) in [6, 6.07) is 0.579. The lowest BCUT2D eigenvalue weighted by atomic mass is 10.2. The smallest absolute Gasteiger partial charge is 0.0618 e. The van der Waals surface area contributed by atoms with Gasteiger partial charge < -0.3 is 10.5 Å². The van der Waals surface area contributed by atoms with Crippen molar-refractivity contribution in [3.8, 4) is 0 Å². The first-order valence-electron chi connectivity index (χ1n) is 3.81. The third-order valence-electron chi connectivity index (χ3n) is 2.09. The van der Waals surface area contributed by atoms with Crippen molar-refractivity contribution in [1.82, 2.24) is 4.90 Å². The van der Waals surface area contributed by atoms with E-state index in [0.717, 1.165) is 13.2 Å². The first-order chi connectivity index (χ1) is 4.88. The van der Waals surface area contributed by atoms with Crippen LogP contribution in [0.3, 0.4) is 0 Å². The van der Waals surface area contributed by atoms with E-state index in [9.17, 15) is 0 Å². The van der Waals surface area contributed by atoms with Gasteiger partial charge in [0, 0.05) is 19.8 Å². The minimum atomic E-state index is 0.579. The lowest BCUT2D eigenvalue weighted by molar-refractivity contribution is 0.117. The Kier molecular flexibility index (Phi) is 3.12. The molecule has 0 aliphatic carbocycles. The summed E-state index contributed by atoms with van der Waals surface area (Å²) in [5, 5.41) is 0. The molecule has 3 heteroatoms. The number of methoxy groups -OCH3 is 1. The van der Waals surface area contributed by atoms with Crippen LogP contribution in [0.15, 0.2) is 0 Å². The van der Waals surface area contributed by atoms with Gasteiger partial charge >= 0.3 is 0 Å². The predicted octanol–water partition coefficient (Wildman–Crippen LogP) is 0.0134. The molecule has 0 aromatic heterocycles. The third kappa shape index (κ3) is 1.68. The van der Waals surface area contributed by atoms with Crippen LogP contribution in [0.1, 0.15) is 12.8 Å². The molecule has 60 valence electrons. The average molecular weight is 144 g/mol. The van der Waals surface area contributed by atoms with Crippen molar-refractivity contribution in [3.05, 3.63) is 0 Å². The van der Waals surface area contributed by atoms with E-state index in [1.165, 1.54) is 12.8 Å². The van der Waals surface area contributed by atoms with Crippen LogP contribution in [0.4, 0.5) is 0 Å². The van der Waals surface area contributed by atoms with E-state index in [4.69, 9.17) is 10.5 Å². The number of likely N-dealkylation sites (tertiary alicyclic amines) is 1. The van der Waals surface area contributed by atoms with Crippen LogP contribution in [0, 0.1) is 0 Å². The molecule has 10 heavy (non-hydrogen) atoms. The van der Waals surface area contributed by atoms with Crippen molar-refractivity contribution in [2.75, 3.05) is 26.9 Å². The van der Waals surface area contributed by atoms with Crippen molar-refractivity contribution in [3.63, 3.8) is 0 Å². The molecular weight excluding hydrogens is 128 g/mol. The summed E-state index contributed by atoms with van der Waals surface area (Å²) < 4.78 is 5.06. The Morgan fingerprint density at radius 2 is 2.50 bits per heavy atom. The summed E-state index contributed by atoms with van der Waals surface area (Å²) in [6.07, 6.45) is 2.51. The number of nitrogens with two attached hydrogens (primary N) is 1. The van der Waals surface area contributed by atoms with Gasteiger partial charge in [-0.3, -0.25) is 4.90 Å². The Morgan fingerprint density at radius 3 is 3.10 bits per heavy atom. The van der Waals surface area contributed by atoms with Crippen LogP contribution in [0.2, 0.25) is 0 Å². The summed E-state index contributed by atoms with van der Waals surface area (Å²) in [7, 11) is 1.74. The predicted molar refractivity (Wildman–Crippen MR) is 40.7 cm³/mol. The molecule has 1 saturated heterocycles. The van der Waals surface area contributed by atoms with Gasteiger partial charge in [0.15, 0.2) is 0 Å². The second kappa shape index (κ2) is 3.91. The Hall–Kier alpha value is -0.120. The Labute approximate surface area is 62.1 Å². The van der Waals surface area contributed by atoms with Crippen LogP contribution in [0.5, 0.6) is 0 Å². The first-order valence-corrected chi connectivity index (χ1v) is 3.81. The number of nitrogens with zero attached hydrogens (tertiary/aromatic N) is 1. The molecule has 1 unspecified atom stereocenters. The quantitative estimate of drug-likeness (QED) is 0.606. The van der Waals surface area contributed by atoms with Crippen molar-refractivity contribution in [2.45, 2.75) is 18.9 Å². The second-order valence-electron chi connectivity index (χ2n) is 2.75. The Morgan fingerprint density at radius 1 is 1.70 bits per heavy atom. The highest BCUT2D eigenvalue weighted by atomic mass is 16.5. The van der Waals surface area contributed by atoms with E-state index in [1.54, 1.807) is 7.11 Å². The molecule has 0 aromatic carbocycles. The van der Waals surface area contributed by atoms with E-state index >= 15 is 0 Å². The molecule has 0 amide bonds. The summed E-state index contributed by atoms with van der Waals surface area (Å²) in [6.45, 7) is 2.65. The summed E-state index contributed by atoms with van der Waals surface area (Å²) in [5.74, 6) is 0. The lowest BCUT2D eigenvalue weighted by Crippen LogP contribution is -2.37. The van der Waals surface area contributed by atoms with Crippen LogP contribution >= 0.6 is 0 Å².